The summed E-state index contributed by atoms with van der Waals surface area (Å²) in [7, 11) is 0. The molecule has 1 aliphatic heterocycles. The highest BCUT2D eigenvalue weighted by Gasteiger charge is 2.19. The average molecular weight is 373 g/mol. The molecule has 0 spiro atoms. The predicted molar refractivity (Wildman–Crippen MR) is 108 cm³/mol. The number of rotatable bonds is 5. The summed E-state index contributed by atoms with van der Waals surface area (Å²) in [6.07, 6.45) is 5.94. The van der Waals surface area contributed by atoms with E-state index in [4.69, 9.17) is 10.8 Å². The molecule has 0 radical (unpaired) electrons. The Balaban J connectivity index is 1.63. The average Bonchev–Trinajstić information content (AvgIpc) is 3.11. The normalized spacial score (nSPS) is 12.6. The number of aliphatic carboxylic acids is 1. The van der Waals surface area contributed by atoms with E-state index in [1.54, 1.807) is 12.1 Å². The topological polar surface area (TPSA) is 99.4 Å². The van der Waals surface area contributed by atoms with Crippen molar-refractivity contribution in [2.75, 3.05) is 4.90 Å². The molecular weight excluding hydrogens is 354 g/mol. The summed E-state index contributed by atoms with van der Waals surface area (Å²) >= 11 is 0. The molecule has 0 aliphatic carbocycles. The van der Waals surface area contributed by atoms with Crippen LogP contribution in [0.5, 0.6) is 0 Å². The molecule has 0 bridgehead atoms. The smallest absolute Gasteiger partial charge is 0.307 e. The van der Waals surface area contributed by atoms with Crippen LogP contribution < -0.4 is 10.6 Å². The Morgan fingerprint density at radius 1 is 1.14 bits per heavy atom. The number of anilines is 1. The van der Waals surface area contributed by atoms with Gasteiger partial charge in [-0.25, -0.2) is 0 Å². The number of fused-ring (bicyclic) bond motifs is 1. The molecule has 0 saturated carbocycles. The van der Waals surface area contributed by atoms with E-state index in [0.29, 0.717) is 12.1 Å². The van der Waals surface area contributed by atoms with Crippen molar-refractivity contribution in [2.45, 2.75) is 13.0 Å². The second-order valence-corrected chi connectivity index (χ2v) is 6.72. The van der Waals surface area contributed by atoms with Crippen LogP contribution in [0.15, 0.2) is 60.9 Å². The minimum atomic E-state index is -0.842. The summed E-state index contributed by atoms with van der Waals surface area (Å²) in [6.45, 7) is 0.643. The molecule has 2 heterocycles. The van der Waals surface area contributed by atoms with Crippen molar-refractivity contribution in [3.8, 4) is 11.1 Å². The molecule has 6 heteroatoms. The zero-order valence-corrected chi connectivity index (χ0v) is 15.1. The minimum absolute atomic E-state index is 0.0121. The molecule has 0 saturated heterocycles. The maximum Gasteiger partial charge on any atom is 0.307 e. The highest BCUT2D eigenvalue weighted by Crippen LogP contribution is 2.33. The van der Waals surface area contributed by atoms with Crippen molar-refractivity contribution in [1.82, 2.24) is 4.98 Å². The van der Waals surface area contributed by atoms with Gasteiger partial charge in [0.25, 0.3) is 0 Å². The van der Waals surface area contributed by atoms with Crippen LogP contribution in [0, 0.1) is 0 Å². The van der Waals surface area contributed by atoms with E-state index in [1.807, 2.05) is 54.9 Å². The molecule has 1 aliphatic rings. The first-order chi connectivity index (χ1) is 13.5. The summed E-state index contributed by atoms with van der Waals surface area (Å²) in [5.74, 6) is -1.29. The van der Waals surface area contributed by atoms with Gasteiger partial charge in [-0.1, -0.05) is 30.3 Å². The summed E-state index contributed by atoms with van der Waals surface area (Å²) < 4.78 is 0. The third kappa shape index (κ3) is 3.40. The van der Waals surface area contributed by atoms with Crippen molar-refractivity contribution in [3.05, 3.63) is 83.3 Å². The summed E-state index contributed by atoms with van der Waals surface area (Å²) in [4.78, 5) is 27.7. The van der Waals surface area contributed by atoms with Gasteiger partial charge in [0, 0.05) is 40.5 Å². The second kappa shape index (κ2) is 7.08. The van der Waals surface area contributed by atoms with Gasteiger partial charge in [0.1, 0.15) is 0 Å². The Morgan fingerprint density at radius 3 is 2.64 bits per heavy atom. The first-order valence-corrected chi connectivity index (χ1v) is 8.87. The maximum absolute atomic E-state index is 11.5. The number of benzene rings is 2. The number of carboxylic acid groups (broad SMARTS) is 1. The molecule has 6 nitrogen and oxygen atoms in total. The van der Waals surface area contributed by atoms with Gasteiger partial charge < -0.3 is 20.7 Å². The monoisotopic (exact) mass is 373 g/mol. The van der Waals surface area contributed by atoms with Crippen LogP contribution in [-0.2, 0) is 17.8 Å². The van der Waals surface area contributed by atoms with E-state index in [-0.39, 0.29) is 6.42 Å². The lowest BCUT2D eigenvalue weighted by Gasteiger charge is -2.25. The van der Waals surface area contributed by atoms with Crippen LogP contribution in [-0.4, -0.2) is 22.0 Å². The Kier molecular flexibility index (Phi) is 4.45. The van der Waals surface area contributed by atoms with Gasteiger partial charge in [-0.15, -0.1) is 0 Å². The lowest BCUT2D eigenvalue weighted by molar-refractivity contribution is -0.136. The number of nitrogens with two attached hydrogens (primary N) is 1. The van der Waals surface area contributed by atoms with Crippen molar-refractivity contribution >= 4 is 23.6 Å². The number of H-pyrrole nitrogens is 1. The van der Waals surface area contributed by atoms with Gasteiger partial charge in [0.15, 0.2) is 0 Å². The standard InChI is InChI=1S/C22H19N3O3/c23-22(28)16-2-1-3-17(11-16)25-9-8-20-19(13-25)18(12-24-20)15-6-4-14(5-7-15)10-21(26)27/h1-9,11-12,24H,10,13H2,(H2,23,28)(H,26,27). The first-order valence-electron chi connectivity index (χ1n) is 8.87. The molecule has 0 fully saturated rings. The van der Waals surface area contributed by atoms with Crippen LogP contribution in [0.1, 0.15) is 27.2 Å². The second-order valence-electron chi connectivity index (χ2n) is 6.72. The molecule has 0 unspecified atom stereocenters. The highest BCUT2D eigenvalue weighted by atomic mass is 16.4. The van der Waals surface area contributed by atoms with E-state index in [0.717, 1.165) is 33.6 Å². The van der Waals surface area contributed by atoms with Crippen molar-refractivity contribution in [1.29, 1.82) is 0 Å². The molecule has 0 atom stereocenters. The number of hydrogen-bond acceptors (Lipinski definition) is 3. The zero-order chi connectivity index (χ0) is 19.7. The number of nitrogens with one attached hydrogen (secondary N) is 1. The van der Waals surface area contributed by atoms with Crippen molar-refractivity contribution in [2.24, 2.45) is 5.73 Å². The SMILES string of the molecule is NC(=O)c1cccc(N2C=Cc3[nH]cc(-c4ccc(CC(=O)O)cc4)c3C2)c1. The number of primary amides is 1. The summed E-state index contributed by atoms with van der Waals surface area (Å²) in [5, 5.41) is 8.92. The molecule has 140 valence electrons. The number of carbonyl (C=O) groups is 2. The molecule has 1 aromatic heterocycles. The lowest BCUT2D eigenvalue weighted by atomic mass is 9.99. The van der Waals surface area contributed by atoms with Crippen molar-refractivity contribution < 1.29 is 14.7 Å². The molecule has 2 aromatic carbocycles. The van der Waals surface area contributed by atoms with Crippen LogP contribution in [0.3, 0.4) is 0 Å². The number of nitrogens with zero attached hydrogens (tertiary/aromatic N) is 1. The van der Waals surface area contributed by atoms with Crippen LogP contribution in [0.25, 0.3) is 17.2 Å². The minimum Gasteiger partial charge on any atom is -0.481 e. The molecule has 1 amide bonds. The van der Waals surface area contributed by atoms with Gasteiger partial charge in [0.2, 0.25) is 5.91 Å². The van der Waals surface area contributed by atoms with Crippen LogP contribution >= 0.6 is 0 Å². The molecule has 3 aromatic rings. The van der Waals surface area contributed by atoms with Gasteiger partial charge in [-0.05, 0) is 35.4 Å². The number of hydrogen-bond donors (Lipinski definition) is 3. The third-order valence-corrected chi connectivity index (χ3v) is 4.85. The van der Waals surface area contributed by atoms with Gasteiger partial charge in [0.05, 0.1) is 13.0 Å². The van der Waals surface area contributed by atoms with E-state index in [2.05, 4.69) is 9.88 Å². The molecule has 4 rings (SSSR count). The quantitative estimate of drug-likeness (QED) is 0.638. The molecule has 4 N–H and O–H groups in total. The van der Waals surface area contributed by atoms with Gasteiger partial charge in [-0.2, -0.15) is 0 Å². The summed E-state index contributed by atoms with van der Waals surface area (Å²) in [5.41, 5.74) is 11.8. The van der Waals surface area contributed by atoms with E-state index < -0.39 is 11.9 Å². The maximum atomic E-state index is 11.5. The Bertz CT molecular complexity index is 1080. The lowest BCUT2D eigenvalue weighted by Crippen LogP contribution is -2.20. The fourth-order valence-electron chi connectivity index (χ4n) is 3.43. The highest BCUT2D eigenvalue weighted by molar-refractivity contribution is 5.94. The molecular formula is C22H19N3O3. The first kappa shape index (κ1) is 17.6. The molecule has 28 heavy (non-hydrogen) atoms. The Morgan fingerprint density at radius 2 is 1.93 bits per heavy atom. The third-order valence-electron chi connectivity index (χ3n) is 4.85. The fourth-order valence-corrected chi connectivity index (χ4v) is 3.43. The largest absolute Gasteiger partial charge is 0.481 e. The summed E-state index contributed by atoms with van der Waals surface area (Å²) in [6, 6.07) is 14.8. The number of aromatic amines is 1. The Labute approximate surface area is 161 Å². The Hall–Kier alpha value is -3.80. The zero-order valence-electron chi connectivity index (χ0n) is 15.1. The predicted octanol–water partition coefficient (Wildman–Crippen LogP) is 3.40. The number of carboxylic acids is 1. The van der Waals surface area contributed by atoms with E-state index in [1.165, 1.54) is 0 Å². The van der Waals surface area contributed by atoms with Gasteiger partial charge in [-0.3, -0.25) is 9.59 Å². The fraction of sp³-hybridized carbons (Fsp3) is 0.0909. The number of amides is 1. The van der Waals surface area contributed by atoms with Crippen molar-refractivity contribution in [3.63, 3.8) is 0 Å². The van der Waals surface area contributed by atoms with E-state index in [9.17, 15) is 9.59 Å². The van der Waals surface area contributed by atoms with Gasteiger partial charge >= 0.3 is 5.97 Å². The number of aromatic nitrogens is 1. The number of carbonyl (C=O) groups excluding carboxylic acids is 1. The van der Waals surface area contributed by atoms with E-state index >= 15 is 0 Å². The van der Waals surface area contributed by atoms with Crippen LogP contribution in [0.2, 0.25) is 0 Å². The van der Waals surface area contributed by atoms with Crippen LogP contribution in [0.4, 0.5) is 5.69 Å².